The van der Waals surface area contributed by atoms with E-state index < -0.39 is 25.0 Å². The zero-order valence-corrected chi connectivity index (χ0v) is 10.2. The number of aromatic nitrogens is 1. The van der Waals surface area contributed by atoms with E-state index in [1.807, 2.05) is 0 Å². The maximum Gasteiger partial charge on any atom is 0.390 e. The Hall–Kier alpha value is -1.50. The third-order valence-corrected chi connectivity index (χ3v) is 2.20. The summed E-state index contributed by atoms with van der Waals surface area (Å²) in [6.07, 6.45) is -5.37. The van der Waals surface area contributed by atoms with Crippen LogP contribution in [0.2, 0.25) is 5.15 Å². The van der Waals surface area contributed by atoms with Crippen molar-refractivity contribution in [2.24, 2.45) is 0 Å². The number of halogens is 4. The number of pyridine rings is 1. The highest BCUT2D eigenvalue weighted by molar-refractivity contribution is 6.29. The maximum absolute atomic E-state index is 11.9. The number of nitrogens with zero attached hydrogens (tertiary/aromatic N) is 1. The van der Waals surface area contributed by atoms with Crippen LogP contribution in [-0.4, -0.2) is 30.7 Å². The molecule has 18 heavy (non-hydrogen) atoms. The van der Waals surface area contributed by atoms with E-state index in [9.17, 15) is 18.0 Å². The summed E-state index contributed by atoms with van der Waals surface area (Å²) in [4.78, 5) is 15.4. The number of amides is 1. The van der Waals surface area contributed by atoms with Crippen LogP contribution < -0.4 is 10.6 Å². The summed E-state index contributed by atoms with van der Waals surface area (Å²) in [5.74, 6) is -0.261. The first-order valence-corrected chi connectivity index (χ1v) is 5.40. The lowest BCUT2D eigenvalue weighted by Gasteiger charge is -2.09. The predicted molar refractivity (Wildman–Crippen MR) is 61.8 cm³/mol. The Morgan fingerprint density at radius 2 is 2.11 bits per heavy atom. The molecule has 2 N–H and O–H groups in total. The van der Waals surface area contributed by atoms with Gasteiger partial charge in [-0.05, 0) is 12.1 Å². The lowest BCUT2D eigenvalue weighted by Crippen LogP contribution is -2.28. The molecule has 0 unspecified atom stereocenters. The number of rotatable bonds is 4. The zero-order valence-electron chi connectivity index (χ0n) is 9.44. The molecule has 4 nitrogen and oxygen atoms in total. The van der Waals surface area contributed by atoms with Gasteiger partial charge in [-0.1, -0.05) is 11.6 Å². The van der Waals surface area contributed by atoms with Gasteiger partial charge in [0.1, 0.15) is 11.0 Å². The predicted octanol–water partition coefficient (Wildman–Crippen LogP) is 2.46. The van der Waals surface area contributed by atoms with Crippen molar-refractivity contribution in [3.63, 3.8) is 0 Å². The van der Waals surface area contributed by atoms with Gasteiger partial charge in [0.2, 0.25) is 0 Å². The molecule has 0 radical (unpaired) electrons. The van der Waals surface area contributed by atoms with Gasteiger partial charge in [0.15, 0.2) is 0 Å². The highest BCUT2D eigenvalue weighted by Gasteiger charge is 2.26. The number of carbonyl (C=O) groups excluding carboxylic acids is 1. The zero-order chi connectivity index (χ0) is 13.8. The van der Waals surface area contributed by atoms with E-state index in [0.29, 0.717) is 5.82 Å². The van der Waals surface area contributed by atoms with Crippen LogP contribution in [0, 0.1) is 0 Å². The van der Waals surface area contributed by atoms with Crippen molar-refractivity contribution >= 4 is 23.3 Å². The third-order valence-electron chi connectivity index (χ3n) is 2.01. The smallest absolute Gasteiger partial charge is 0.373 e. The number of anilines is 1. The third kappa shape index (κ3) is 4.79. The topological polar surface area (TPSA) is 54.0 Å². The number of hydrogen-bond acceptors (Lipinski definition) is 3. The molecule has 1 aromatic heterocycles. The number of hydrogen-bond donors (Lipinski definition) is 2. The SMILES string of the molecule is CNc1cc(C(=O)NCCC(F)(F)F)cc(Cl)n1. The molecule has 0 aliphatic rings. The molecule has 1 amide bonds. The van der Waals surface area contributed by atoms with E-state index >= 15 is 0 Å². The summed E-state index contributed by atoms with van der Waals surface area (Å²) in [6, 6.07) is 2.68. The van der Waals surface area contributed by atoms with Crippen LogP contribution in [0.3, 0.4) is 0 Å². The molecule has 0 spiro atoms. The van der Waals surface area contributed by atoms with E-state index in [2.05, 4.69) is 15.6 Å². The molecule has 0 fully saturated rings. The van der Waals surface area contributed by atoms with Gasteiger partial charge in [-0.3, -0.25) is 4.79 Å². The molecule has 0 saturated carbocycles. The van der Waals surface area contributed by atoms with Crippen molar-refractivity contribution in [3.8, 4) is 0 Å². The first-order chi connectivity index (χ1) is 8.31. The van der Waals surface area contributed by atoms with Gasteiger partial charge in [-0.2, -0.15) is 13.2 Å². The second-order valence-electron chi connectivity index (χ2n) is 3.43. The normalized spacial score (nSPS) is 11.2. The van der Waals surface area contributed by atoms with E-state index in [1.54, 1.807) is 7.05 Å². The Kier molecular flexibility index (Phi) is 4.77. The second-order valence-corrected chi connectivity index (χ2v) is 3.82. The fourth-order valence-electron chi connectivity index (χ4n) is 1.18. The van der Waals surface area contributed by atoms with Gasteiger partial charge in [-0.25, -0.2) is 4.98 Å². The van der Waals surface area contributed by atoms with Crippen molar-refractivity contribution in [1.29, 1.82) is 0 Å². The lowest BCUT2D eigenvalue weighted by atomic mass is 10.2. The second kappa shape index (κ2) is 5.90. The minimum absolute atomic E-state index is 0.0859. The summed E-state index contributed by atoms with van der Waals surface area (Å²) in [7, 11) is 1.59. The molecule has 1 heterocycles. The average molecular weight is 282 g/mol. The number of nitrogens with one attached hydrogen (secondary N) is 2. The van der Waals surface area contributed by atoms with Crippen molar-refractivity contribution < 1.29 is 18.0 Å². The minimum atomic E-state index is -4.29. The van der Waals surface area contributed by atoms with E-state index in [0.717, 1.165) is 0 Å². The highest BCUT2D eigenvalue weighted by atomic mass is 35.5. The Morgan fingerprint density at radius 1 is 1.44 bits per heavy atom. The van der Waals surface area contributed by atoms with Crippen LogP contribution >= 0.6 is 11.6 Å². The fraction of sp³-hybridized carbons (Fsp3) is 0.400. The molecule has 0 aromatic carbocycles. The molecule has 0 aliphatic heterocycles. The van der Waals surface area contributed by atoms with Crippen molar-refractivity contribution in [3.05, 3.63) is 22.8 Å². The highest BCUT2D eigenvalue weighted by Crippen LogP contribution is 2.18. The van der Waals surface area contributed by atoms with Crippen molar-refractivity contribution in [2.45, 2.75) is 12.6 Å². The Bertz CT molecular complexity index is 437. The van der Waals surface area contributed by atoms with Crippen LogP contribution in [0.15, 0.2) is 12.1 Å². The van der Waals surface area contributed by atoms with Crippen LogP contribution in [0.25, 0.3) is 0 Å². The van der Waals surface area contributed by atoms with Crippen LogP contribution in [0.4, 0.5) is 19.0 Å². The van der Waals surface area contributed by atoms with Crippen molar-refractivity contribution in [2.75, 3.05) is 18.9 Å². The first kappa shape index (κ1) is 14.6. The van der Waals surface area contributed by atoms with E-state index in [4.69, 9.17) is 11.6 Å². The molecule has 1 aromatic rings. The summed E-state index contributed by atoms with van der Waals surface area (Å²) < 4.78 is 35.7. The lowest BCUT2D eigenvalue weighted by molar-refractivity contribution is -0.132. The monoisotopic (exact) mass is 281 g/mol. The summed E-state index contributed by atoms with van der Waals surface area (Å²) in [5, 5.41) is 4.93. The molecule has 0 aliphatic carbocycles. The van der Waals surface area contributed by atoms with Gasteiger partial charge in [0.05, 0.1) is 6.42 Å². The molecule has 0 bridgehead atoms. The fourth-order valence-corrected chi connectivity index (χ4v) is 1.38. The average Bonchev–Trinajstić information content (AvgIpc) is 2.26. The quantitative estimate of drug-likeness (QED) is 0.834. The van der Waals surface area contributed by atoms with Crippen LogP contribution in [0.1, 0.15) is 16.8 Å². The van der Waals surface area contributed by atoms with Gasteiger partial charge >= 0.3 is 6.18 Å². The van der Waals surface area contributed by atoms with Gasteiger partial charge in [0.25, 0.3) is 5.91 Å². The number of alkyl halides is 3. The Morgan fingerprint density at radius 3 is 2.67 bits per heavy atom. The Labute approximate surface area is 107 Å². The van der Waals surface area contributed by atoms with Crippen LogP contribution in [-0.2, 0) is 0 Å². The van der Waals surface area contributed by atoms with Gasteiger partial charge in [-0.15, -0.1) is 0 Å². The molecule has 8 heteroatoms. The molecular weight excluding hydrogens is 271 g/mol. The molecular formula is C10H11ClF3N3O. The van der Waals surface area contributed by atoms with E-state index in [-0.39, 0.29) is 10.7 Å². The molecule has 100 valence electrons. The van der Waals surface area contributed by atoms with Gasteiger partial charge in [0, 0.05) is 19.2 Å². The van der Waals surface area contributed by atoms with Crippen LogP contribution in [0.5, 0.6) is 0 Å². The minimum Gasteiger partial charge on any atom is -0.373 e. The van der Waals surface area contributed by atoms with E-state index in [1.165, 1.54) is 12.1 Å². The summed E-state index contributed by atoms with van der Waals surface area (Å²) in [5.41, 5.74) is 0.154. The number of carbonyl (C=O) groups is 1. The molecule has 0 atom stereocenters. The molecule has 1 rings (SSSR count). The largest absolute Gasteiger partial charge is 0.390 e. The van der Waals surface area contributed by atoms with Gasteiger partial charge < -0.3 is 10.6 Å². The summed E-state index contributed by atoms with van der Waals surface area (Å²) in [6.45, 7) is -0.475. The summed E-state index contributed by atoms with van der Waals surface area (Å²) >= 11 is 5.67. The maximum atomic E-state index is 11.9. The first-order valence-electron chi connectivity index (χ1n) is 5.02. The molecule has 0 saturated heterocycles. The van der Waals surface area contributed by atoms with Crippen molar-refractivity contribution in [1.82, 2.24) is 10.3 Å². The Balaban J connectivity index is 2.64. The standard InChI is InChI=1S/C10H11ClF3N3O/c1-15-8-5-6(4-7(11)17-8)9(18)16-3-2-10(12,13)14/h4-5H,2-3H2,1H3,(H,15,17)(H,16,18).